The fourth-order valence-corrected chi connectivity index (χ4v) is 2.40. The third kappa shape index (κ3) is 4.28. The lowest BCUT2D eigenvalue weighted by Crippen LogP contribution is -2.22. The largest absolute Gasteiger partial charge is 0.452 e. The standard InChI is InChI=1S/C17H16ClN3O5/c1-9-3-6-14(21(24)25)16(10(9)2)20-15(22)8-26-17(23)12-5-4-11(18)7-13(12)19/h3-7H,8,19H2,1-2H3,(H,20,22). The second-order valence-corrected chi connectivity index (χ2v) is 5.95. The van der Waals surface area contributed by atoms with Gasteiger partial charge in [-0.15, -0.1) is 0 Å². The van der Waals surface area contributed by atoms with Crippen molar-refractivity contribution in [1.29, 1.82) is 0 Å². The molecule has 136 valence electrons. The number of nitrogen functional groups attached to an aromatic ring is 1. The van der Waals surface area contributed by atoms with Crippen LogP contribution in [0.3, 0.4) is 0 Å². The highest BCUT2D eigenvalue weighted by Gasteiger charge is 2.20. The molecule has 0 radical (unpaired) electrons. The maximum atomic E-state index is 12.1. The predicted octanol–water partition coefficient (Wildman–Crippen LogP) is 3.24. The third-order valence-corrected chi connectivity index (χ3v) is 3.98. The lowest BCUT2D eigenvalue weighted by Gasteiger charge is -2.11. The number of anilines is 2. The van der Waals surface area contributed by atoms with Crippen molar-refractivity contribution in [2.75, 3.05) is 17.7 Å². The monoisotopic (exact) mass is 377 g/mol. The number of nitrogens with two attached hydrogens (primary N) is 1. The number of esters is 1. The Morgan fingerprint density at radius 2 is 1.96 bits per heavy atom. The van der Waals surface area contributed by atoms with Crippen LogP contribution in [0.4, 0.5) is 17.1 Å². The quantitative estimate of drug-likeness (QED) is 0.356. The van der Waals surface area contributed by atoms with E-state index in [0.29, 0.717) is 10.6 Å². The molecule has 8 nitrogen and oxygen atoms in total. The van der Waals surface area contributed by atoms with E-state index in [4.69, 9.17) is 22.1 Å². The average molecular weight is 378 g/mol. The molecular weight excluding hydrogens is 362 g/mol. The van der Waals surface area contributed by atoms with Gasteiger partial charge in [-0.3, -0.25) is 14.9 Å². The van der Waals surface area contributed by atoms with Crippen LogP contribution >= 0.6 is 11.6 Å². The van der Waals surface area contributed by atoms with Gasteiger partial charge in [-0.25, -0.2) is 4.79 Å². The van der Waals surface area contributed by atoms with Gasteiger partial charge in [-0.2, -0.15) is 0 Å². The summed E-state index contributed by atoms with van der Waals surface area (Å²) in [5.74, 6) is -1.51. The fraction of sp³-hybridized carbons (Fsp3) is 0.176. The number of nitro benzene ring substituents is 1. The first kappa shape index (κ1) is 19.2. The molecule has 0 aromatic heterocycles. The minimum absolute atomic E-state index is 0.0694. The fourth-order valence-electron chi connectivity index (χ4n) is 2.22. The highest BCUT2D eigenvalue weighted by molar-refractivity contribution is 6.31. The van der Waals surface area contributed by atoms with Gasteiger partial charge in [0.25, 0.3) is 11.6 Å². The SMILES string of the molecule is Cc1ccc([N+](=O)[O-])c(NC(=O)COC(=O)c2ccc(Cl)cc2N)c1C. The topological polar surface area (TPSA) is 125 Å². The molecule has 2 aromatic rings. The molecule has 0 spiro atoms. The first-order valence-corrected chi connectivity index (χ1v) is 7.85. The molecule has 0 fully saturated rings. The summed E-state index contributed by atoms with van der Waals surface area (Å²) in [7, 11) is 0. The minimum atomic E-state index is -0.801. The van der Waals surface area contributed by atoms with Crippen LogP contribution in [0.1, 0.15) is 21.5 Å². The van der Waals surface area contributed by atoms with Crippen molar-refractivity contribution in [3.05, 3.63) is 62.2 Å². The zero-order valence-corrected chi connectivity index (χ0v) is 14.8. The van der Waals surface area contributed by atoms with E-state index >= 15 is 0 Å². The van der Waals surface area contributed by atoms with Crippen LogP contribution in [0.2, 0.25) is 5.02 Å². The molecule has 0 aliphatic rings. The minimum Gasteiger partial charge on any atom is -0.452 e. The summed E-state index contributed by atoms with van der Waals surface area (Å²) < 4.78 is 4.91. The highest BCUT2D eigenvalue weighted by atomic mass is 35.5. The highest BCUT2D eigenvalue weighted by Crippen LogP contribution is 2.30. The molecular formula is C17H16ClN3O5. The molecule has 9 heteroatoms. The third-order valence-electron chi connectivity index (χ3n) is 3.74. The zero-order chi connectivity index (χ0) is 19.4. The van der Waals surface area contributed by atoms with Crippen LogP contribution in [-0.4, -0.2) is 23.4 Å². The van der Waals surface area contributed by atoms with E-state index in [1.807, 2.05) is 0 Å². The van der Waals surface area contributed by atoms with Gasteiger partial charge < -0.3 is 15.8 Å². The number of nitrogens with one attached hydrogen (secondary N) is 1. The van der Waals surface area contributed by atoms with Gasteiger partial charge >= 0.3 is 5.97 Å². The number of rotatable bonds is 5. The van der Waals surface area contributed by atoms with Crippen molar-refractivity contribution in [1.82, 2.24) is 0 Å². The molecule has 3 N–H and O–H groups in total. The van der Waals surface area contributed by atoms with Crippen LogP contribution in [0.15, 0.2) is 30.3 Å². The summed E-state index contributed by atoms with van der Waals surface area (Å²) in [4.78, 5) is 34.6. The number of hydrogen-bond donors (Lipinski definition) is 2. The summed E-state index contributed by atoms with van der Waals surface area (Å²) in [6.07, 6.45) is 0. The van der Waals surface area contributed by atoms with E-state index in [1.54, 1.807) is 19.9 Å². The lowest BCUT2D eigenvalue weighted by atomic mass is 10.1. The number of nitro groups is 1. The summed E-state index contributed by atoms with van der Waals surface area (Å²) in [6.45, 7) is 2.79. The number of amides is 1. The van der Waals surface area contributed by atoms with Crippen molar-refractivity contribution >= 4 is 40.5 Å². The van der Waals surface area contributed by atoms with Gasteiger partial charge in [-0.1, -0.05) is 17.7 Å². The van der Waals surface area contributed by atoms with Crippen LogP contribution in [-0.2, 0) is 9.53 Å². The molecule has 0 bridgehead atoms. The van der Waals surface area contributed by atoms with Gasteiger partial charge in [0, 0.05) is 16.8 Å². The van der Waals surface area contributed by atoms with Gasteiger partial charge in [0.1, 0.15) is 5.69 Å². The van der Waals surface area contributed by atoms with E-state index in [1.165, 1.54) is 24.3 Å². The van der Waals surface area contributed by atoms with Crippen molar-refractivity contribution < 1.29 is 19.2 Å². The molecule has 0 saturated carbocycles. The van der Waals surface area contributed by atoms with Gasteiger partial charge in [0.05, 0.1) is 10.5 Å². The first-order valence-electron chi connectivity index (χ1n) is 7.47. The van der Waals surface area contributed by atoms with Crippen molar-refractivity contribution in [2.24, 2.45) is 0 Å². The molecule has 2 rings (SSSR count). The summed E-state index contributed by atoms with van der Waals surface area (Å²) in [5.41, 5.74) is 7.03. The molecule has 0 saturated heterocycles. The molecule has 0 aliphatic heterocycles. The Morgan fingerprint density at radius 3 is 2.58 bits per heavy atom. The van der Waals surface area contributed by atoms with E-state index < -0.39 is 23.4 Å². The van der Waals surface area contributed by atoms with Gasteiger partial charge in [-0.05, 0) is 43.2 Å². The Balaban J connectivity index is 2.09. The maximum absolute atomic E-state index is 12.1. The molecule has 0 aliphatic carbocycles. The first-order chi connectivity index (χ1) is 12.2. The number of benzene rings is 2. The lowest BCUT2D eigenvalue weighted by molar-refractivity contribution is -0.384. The summed E-state index contributed by atoms with van der Waals surface area (Å²) >= 11 is 5.76. The maximum Gasteiger partial charge on any atom is 0.340 e. The van der Waals surface area contributed by atoms with E-state index in [2.05, 4.69) is 5.32 Å². The van der Waals surface area contributed by atoms with E-state index in [0.717, 1.165) is 5.56 Å². The average Bonchev–Trinajstić information content (AvgIpc) is 2.56. The predicted molar refractivity (Wildman–Crippen MR) is 97.3 cm³/mol. The van der Waals surface area contributed by atoms with E-state index in [9.17, 15) is 19.7 Å². The Bertz CT molecular complexity index is 898. The van der Waals surface area contributed by atoms with Crippen molar-refractivity contribution in [3.8, 4) is 0 Å². The molecule has 2 aromatic carbocycles. The number of aryl methyl sites for hydroxylation is 1. The molecule has 0 atom stereocenters. The Morgan fingerprint density at radius 1 is 1.27 bits per heavy atom. The summed E-state index contributed by atoms with van der Waals surface area (Å²) in [5, 5.41) is 13.9. The number of carbonyl (C=O) groups excluding carboxylic acids is 2. The second-order valence-electron chi connectivity index (χ2n) is 5.51. The Kier molecular flexibility index (Phi) is 5.78. The summed E-state index contributed by atoms with van der Waals surface area (Å²) in [6, 6.07) is 7.13. The smallest absolute Gasteiger partial charge is 0.340 e. The van der Waals surface area contributed by atoms with Gasteiger partial charge in [0.15, 0.2) is 6.61 Å². The Labute approximate surface area is 154 Å². The molecule has 0 unspecified atom stereocenters. The second kappa shape index (κ2) is 7.83. The van der Waals surface area contributed by atoms with Crippen LogP contribution < -0.4 is 11.1 Å². The van der Waals surface area contributed by atoms with Crippen molar-refractivity contribution in [2.45, 2.75) is 13.8 Å². The zero-order valence-electron chi connectivity index (χ0n) is 14.0. The molecule has 26 heavy (non-hydrogen) atoms. The normalized spacial score (nSPS) is 10.3. The number of hydrogen-bond acceptors (Lipinski definition) is 6. The van der Waals surface area contributed by atoms with E-state index in [-0.39, 0.29) is 22.6 Å². The van der Waals surface area contributed by atoms with Crippen molar-refractivity contribution in [3.63, 3.8) is 0 Å². The van der Waals surface area contributed by atoms with Crippen LogP contribution in [0.25, 0.3) is 0 Å². The number of halogens is 1. The van der Waals surface area contributed by atoms with Gasteiger partial charge in [0.2, 0.25) is 0 Å². The molecule has 0 heterocycles. The number of carbonyl (C=O) groups is 2. The van der Waals surface area contributed by atoms with Crippen LogP contribution in [0.5, 0.6) is 0 Å². The van der Waals surface area contributed by atoms with Crippen LogP contribution in [0, 0.1) is 24.0 Å². The number of ether oxygens (including phenoxy) is 1. The number of nitrogens with zero attached hydrogens (tertiary/aromatic N) is 1. The Hall–Kier alpha value is -3.13. The molecule has 1 amide bonds.